The molecule has 0 saturated carbocycles. The number of amides is 1. The molecule has 0 aromatic heterocycles. The average molecular weight is 422 g/mol. The molecular weight excluding hydrogens is 400 g/mol. The van der Waals surface area contributed by atoms with Crippen molar-refractivity contribution in [2.75, 3.05) is 12.4 Å². The van der Waals surface area contributed by atoms with Gasteiger partial charge in [-0.05, 0) is 36.4 Å². The highest BCUT2D eigenvalue weighted by atomic mass is 16.7. The third-order valence-corrected chi connectivity index (χ3v) is 4.68. The summed E-state index contributed by atoms with van der Waals surface area (Å²) in [4.78, 5) is 30.7. The van der Waals surface area contributed by atoms with E-state index in [-0.39, 0.29) is 18.1 Å². The van der Waals surface area contributed by atoms with Crippen molar-refractivity contribution < 1.29 is 19.2 Å². The molecule has 0 radical (unpaired) electrons. The second-order valence-corrected chi connectivity index (χ2v) is 6.84. The smallest absolute Gasteiger partial charge is 0.309 e. The summed E-state index contributed by atoms with van der Waals surface area (Å²) < 4.78 is 4.73. The first kappa shape index (κ1) is 21.5. The van der Waals surface area contributed by atoms with Gasteiger partial charge >= 0.3 is 5.97 Å². The molecule has 0 fully saturated rings. The molecule has 8 N–H and O–H groups in total. The van der Waals surface area contributed by atoms with E-state index in [0.717, 1.165) is 0 Å². The number of nitrogens with one attached hydrogen (secondary N) is 4. The Morgan fingerprint density at radius 1 is 1.10 bits per heavy atom. The van der Waals surface area contributed by atoms with Gasteiger partial charge in [0.1, 0.15) is 11.7 Å². The molecule has 31 heavy (non-hydrogen) atoms. The normalized spacial score (nSPS) is 17.3. The second-order valence-electron chi connectivity index (χ2n) is 6.84. The number of carbonyl (C=O) groups excluding carboxylic acids is 2. The third kappa shape index (κ3) is 4.70. The van der Waals surface area contributed by atoms with Crippen molar-refractivity contribution in [3.8, 4) is 0 Å². The van der Waals surface area contributed by atoms with Crippen LogP contribution in [0, 0.1) is 10.8 Å². The number of hydrogen-bond acceptors (Lipinski definition) is 7. The molecule has 0 bridgehead atoms. The number of carbonyl (C=O) groups is 2. The molecule has 1 amide bonds. The maximum Gasteiger partial charge on any atom is 0.309 e. The minimum atomic E-state index is -1.67. The first-order chi connectivity index (χ1) is 14.7. The number of nitrogen functional groups attached to an aromatic ring is 2. The summed E-state index contributed by atoms with van der Waals surface area (Å²) in [6, 6.07) is 13.2. The molecule has 1 atom stereocenters. The van der Waals surface area contributed by atoms with Crippen LogP contribution in [0.25, 0.3) is 5.70 Å². The Labute approximate surface area is 178 Å². The summed E-state index contributed by atoms with van der Waals surface area (Å²) in [5.74, 6) is -1.43. The first-order valence-electron chi connectivity index (χ1n) is 9.18. The van der Waals surface area contributed by atoms with Gasteiger partial charge in [0.15, 0.2) is 0 Å². The fraction of sp³-hybridized carbons (Fsp3) is 0.143. The van der Waals surface area contributed by atoms with Gasteiger partial charge in [-0.15, -0.1) is 0 Å². The Hall–Kier alpha value is -4.18. The van der Waals surface area contributed by atoms with E-state index in [9.17, 15) is 9.59 Å². The number of ether oxygens (including phenoxy) is 1. The van der Waals surface area contributed by atoms with E-state index in [1.165, 1.54) is 13.2 Å². The van der Waals surface area contributed by atoms with Gasteiger partial charge in [0.2, 0.25) is 5.60 Å². The number of hydrogen-bond donors (Lipinski definition) is 6. The second kappa shape index (κ2) is 8.67. The lowest BCUT2D eigenvalue weighted by Gasteiger charge is -2.23. The number of rotatable bonds is 7. The number of methoxy groups -OCH3 is 1. The lowest BCUT2D eigenvalue weighted by molar-refractivity contribution is -0.154. The molecule has 1 heterocycles. The molecule has 0 spiro atoms. The van der Waals surface area contributed by atoms with Gasteiger partial charge in [-0.25, -0.2) is 0 Å². The number of nitrogens with two attached hydrogens (primary N) is 2. The van der Waals surface area contributed by atoms with Gasteiger partial charge in [0.25, 0.3) is 5.91 Å². The predicted molar refractivity (Wildman–Crippen MR) is 115 cm³/mol. The van der Waals surface area contributed by atoms with E-state index in [4.69, 9.17) is 31.9 Å². The van der Waals surface area contributed by atoms with Gasteiger partial charge in [0, 0.05) is 22.4 Å². The van der Waals surface area contributed by atoms with Crippen LogP contribution in [-0.2, 0) is 19.2 Å². The molecule has 2 aromatic carbocycles. The van der Waals surface area contributed by atoms with Crippen molar-refractivity contribution >= 4 is 34.9 Å². The number of esters is 1. The predicted octanol–water partition coefficient (Wildman–Crippen LogP) is 1.07. The monoisotopic (exact) mass is 422 g/mol. The number of anilines is 1. The molecule has 1 aliphatic rings. The highest BCUT2D eigenvalue weighted by Gasteiger charge is 2.45. The highest BCUT2D eigenvalue weighted by molar-refractivity contribution is 6.03. The zero-order valence-electron chi connectivity index (χ0n) is 16.7. The van der Waals surface area contributed by atoms with E-state index < -0.39 is 17.5 Å². The summed E-state index contributed by atoms with van der Waals surface area (Å²) in [5, 5.41) is 17.7. The molecule has 10 nitrogen and oxygen atoms in total. The van der Waals surface area contributed by atoms with Crippen molar-refractivity contribution in [3.05, 3.63) is 71.3 Å². The molecule has 0 aliphatic carbocycles. The average Bonchev–Trinajstić information content (AvgIpc) is 3.19. The molecule has 0 saturated heterocycles. The van der Waals surface area contributed by atoms with Gasteiger partial charge in [-0.1, -0.05) is 18.2 Å². The van der Waals surface area contributed by atoms with Crippen LogP contribution in [0.4, 0.5) is 5.69 Å². The van der Waals surface area contributed by atoms with Gasteiger partial charge < -0.3 is 21.5 Å². The highest BCUT2D eigenvalue weighted by Crippen LogP contribution is 2.31. The van der Waals surface area contributed by atoms with E-state index in [1.54, 1.807) is 48.5 Å². The number of amidine groups is 2. The maximum atomic E-state index is 13.1. The number of benzene rings is 2. The van der Waals surface area contributed by atoms with E-state index >= 15 is 0 Å². The minimum absolute atomic E-state index is 0.0938. The summed E-state index contributed by atoms with van der Waals surface area (Å²) in [6.45, 7) is 0. The van der Waals surface area contributed by atoms with Crippen molar-refractivity contribution in [2.24, 2.45) is 11.5 Å². The summed E-state index contributed by atoms with van der Waals surface area (Å²) in [7, 11) is 1.22. The quantitative estimate of drug-likeness (QED) is 0.219. The fourth-order valence-electron chi connectivity index (χ4n) is 2.97. The molecule has 1 unspecified atom stereocenters. The molecule has 3 rings (SSSR count). The van der Waals surface area contributed by atoms with Crippen molar-refractivity contribution in [1.82, 2.24) is 5.48 Å². The Kier molecular flexibility index (Phi) is 6.02. The van der Waals surface area contributed by atoms with Crippen LogP contribution >= 0.6 is 0 Å². The van der Waals surface area contributed by atoms with Crippen molar-refractivity contribution in [2.45, 2.75) is 12.0 Å². The molecule has 10 heteroatoms. The first-order valence-corrected chi connectivity index (χ1v) is 9.18. The third-order valence-electron chi connectivity index (χ3n) is 4.68. The Morgan fingerprint density at radius 3 is 2.39 bits per heavy atom. The molecule has 2 aromatic rings. The van der Waals surface area contributed by atoms with Crippen LogP contribution in [-0.4, -0.2) is 36.3 Å². The van der Waals surface area contributed by atoms with Gasteiger partial charge in [-0.3, -0.25) is 30.7 Å². The lowest BCUT2D eigenvalue weighted by Crippen LogP contribution is -2.45. The SMILES string of the molecule is COC(=O)CC1(C(=O)Nc2ccc(C(=N)N)cc2)C=C(c2cccc(C(=N)N)c2)NO1. The van der Waals surface area contributed by atoms with E-state index in [1.807, 2.05) is 0 Å². The zero-order valence-corrected chi connectivity index (χ0v) is 16.7. The Bertz CT molecular complexity index is 1080. The Morgan fingerprint density at radius 2 is 1.77 bits per heavy atom. The van der Waals surface area contributed by atoms with Crippen molar-refractivity contribution in [3.63, 3.8) is 0 Å². The largest absolute Gasteiger partial charge is 0.469 e. The Balaban J connectivity index is 1.91. The summed E-state index contributed by atoms with van der Waals surface area (Å²) in [6.07, 6.45) is 1.12. The van der Waals surface area contributed by atoms with Crippen LogP contribution in [0.5, 0.6) is 0 Å². The van der Waals surface area contributed by atoms with Crippen molar-refractivity contribution in [1.29, 1.82) is 10.8 Å². The molecular formula is C21H22N6O4. The van der Waals surface area contributed by atoms with E-state index in [2.05, 4.69) is 10.8 Å². The van der Waals surface area contributed by atoms with Crippen LogP contribution < -0.4 is 22.3 Å². The van der Waals surface area contributed by atoms with Crippen LogP contribution in [0.15, 0.2) is 54.6 Å². The minimum Gasteiger partial charge on any atom is -0.469 e. The molecule has 1 aliphatic heterocycles. The van der Waals surface area contributed by atoms with Gasteiger partial charge in [-0.2, -0.15) is 0 Å². The van der Waals surface area contributed by atoms with Gasteiger partial charge in [0.05, 0.1) is 19.2 Å². The van der Waals surface area contributed by atoms with Crippen LogP contribution in [0.3, 0.4) is 0 Å². The molecule has 160 valence electrons. The maximum absolute atomic E-state index is 13.1. The standard InChI is InChI=1S/C21H22N6O4/c1-30-17(28)11-21(20(29)26-15-7-5-12(6-8-15)18(22)23)10-16(27-31-21)13-3-2-4-14(9-13)19(24)25/h2-10,27H,11H2,1H3,(H3,22,23)(H3,24,25)(H,26,29). The number of hydroxylamine groups is 1. The fourth-order valence-corrected chi connectivity index (χ4v) is 2.97. The topological polar surface area (TPSA) is 176 Å². The van der Waals surface area contributed by atoms with E-state index in [0.29, 0.717) is 28.1 Å². The summed E-state index contributed by atoms with van der Waals surface area (Å²) in [5.41, 5.74) is 14.5. The lowest BCUT2D eigenvalue weighted by atomic mass is 9.95. The van der Waals surface area contributed by atoms with Crippen LogP contribution in [0.1, 0.15) is 23.1 Å². The summed E-state index contributed by atoms with van der Waals surface area (Å²) >= 11 is 0. The van der Waals surface area contributed by atoms with Crippen LogP contribution in [0.2, 0.25) is 0 Å². The zero-order chi connectivity index (χ0) is 22.6.